The normalized spacial score (nSPS) is 48.0. The van der Waals surface area contributed by atoms with Crippen LogP contribution in [0.2, 0.25) is 0 Å². The van der Waals surface area contributed by atoms with Crippen molar-refractivity contribution < 1.29 is 0 Å². The van der Waals surface area contributed by atoms with Crippen LogP contribution in [0, 0.1) is 28.6 Å². The first-order chi connectivity index (χ1) is 7.99. The van der Waals surface area contributed by atoms with Gasteiger partial charge in [0.05, 0.1) is 0 Å². The summed E-state index contributed by atoms with van der Waals surface area (Å²) < 4.78 is 0. The zero-order valence-corrected chi connectivity index (χ0v) is 11.9. The Morgan fingerprint density at radius 3 is 2.29 bits per heavy atom. The average Bonchev–Trinajstić information content (AvgIpc) is 2.11. The van der Waals surface area contributed by atoms with Crippen LogP contribution in [0.1, 0.15) is 59.3 Å². The smallest absolute Gasteiger partial charge is 0.000833 e. The minimum absolute atomic E-state index is 0.688. The molecule has 0 spiro atoms. The molecular formula is C16H29N. The van der Waals surface area contributed by atoms with Crippen LogP contribution in [-0.4, -0.2) is 13.1 Å². The maximum absolute atomic E-state index is 3.76. The lowest BCUT2D eigenvalue weighted by atomic mass is 9.44. The first kappa shape index (κ1) is 12.0. The summed E-state index contributed by atoms with van der Waals surface area (Å²) in [5.74, 6) is 2.93. The van der Waals surface area contributed by atoms with E-state index in [0.717, 1.165) is 17.8 Å². The van der Waals surface area contributed by atoms with E-state index in [1.165, 1.54) is 45.2 Å². The first-order valence-corrected chi connectivity index (χ1v) is 7.69. The Bertz CT molecular complexity index is 280. The van der Waals surface area contributed by atoms with Gasteiger partial charge < -0.3 is 5.32 Å². The lowest BCUT2D eigenvalue weighted by molar-refractivity contribution is -0.0999. The summed E-state index contributed by atoms with van der Waals surface area (Å²) >= 11 is 0. The van der Waals surface area contributed by atoms with Gasteiger partial charge in [-0.05, 0) is 73.7 Å². The Kier molecular flexibility index (Phi) is 2.81. The van der Waals surface area contributed by atoms with Crippen molar-refractivity contribution >= 4 is 0 Å². The Morgan fingerprint density at radius 1 is 1.12 bits per heavy atom. The maximum atomic E-state index is 3.76. The zero-order chi connectivity index (χ0) is 12.1. The molecule has 4 fully saturated rings. The monoisotopic (exact) mass is 235 g/mol. The van der Waals surface area contributed by atoms with Crippen molar-refractivity contribution in [1.82, 2.24) is 5.32 Å². The van der Waals surface area contributed by atoms with E-state index in [0.29, 0.717) is 10.8 Å². The van der Waals surface area contributed by atoms with Gasteiger partial charge >= 0.3 is 0 Å². The van der Waals surface area contributed by atoms with Crippen LogP contribution in [0.4, 0.5) is 0 Å². The minimum atomic E-state index is 0.688. The molecule has 0 aromatic carbocycles. The highest BCUT2D eigenvalue weighted by Gasteiger charge is 2.55. The van der Waals surface area contributed by atoms with Crippen LogP contribution in [0.5, 0.6) is 0 Å². The van der Waals surface area contributed by atoms with Gasteiger partial charge in [-0.25, -0.2) is 0 Å². The molecule has 0 saturated heterocycles. The van der Waals surface area contributed by atoms with Gasteiger partial charge in [0.25, 0.3) is 0 Å². The number of rotatable bonds is 4. The second-order valence-electron chi connectivity index (χ2n) is 8.30. The van der Waals surface area contributed by atoms with Crippen molar-refractivity contribution in [2.75, 3.05) is 13.1 Å². The van der Waals surface area contributed by atoms with E-state index in [2.05, 4.69) is 26.1 Å². The van der Waals surface area contributed by atoms with Crippen molar-refractivity contribution in [3.05, 3.63) is 0 Å². The molecule has 0 aromatic heterocycles. The van der Waals surface area contributed by atoms with Crippen LogP contribution in [0.15, 0.2) is 0 Å². The highest BCUT2D eigenvalue weighted by atomic mass is 14.9. The molecule has 0 heterocycles. The lowest BCUT2D eigenvalue weighted by Gasteiger charge is -2.61. The zero-order valence-electron chi connectivity index (χ0n) is 11.9. The highest BCUT2D eigenvalue weighted by Crippen LogP contribution is 2.64. The van der Waals surface area contributed by atoms with Crippen LogP contribution < -0.4 is 5.32 Å². The van der Waals surface area contributed by atoms with Gasteiger partial charge in [-0.2, -0.15) is 0 Å². The van der Waals surface area contributed by atoms with E-state index in [1.54, 1.807) is 6.42 Å². The highest BCUT2D eigenvalue weighted by molar-refractivity contribution is 5.06. The molecule has 17 heavy (non-hydrogen) atoms. The van der Waals surface area contributed by atoms with E-state index < -0.39 is 0 Å². The molecule has 4 rings (SSSR count). The lowest BCUT2D eigenvalue weighted by Crippen LogP contribution is -2.54. The molecule has 0 radical (unpaired) electrons. The van der Waals surface area contributed by atoms with Gasteiger partial charge in [-0.1, -0.05) is 20.8 Å². The Hall–Kier alpha value is -0.0400. The molecule has 2 atom stereocenters. The van der Waals surface area contributed by atoms with Crippen molar-refractivity contribution in [2.45, 2.75) is 59.3 Å². The molecule has 0 aromatic rings. The van der Waals surface area contributed by atoms with Crippen LogP contribution in [-0.2, 0) is 0 Å². The summed E-state index contributed by atoms with van der Waals surface area (Å²) in [6.07, 6.45) is 9.21. The molecule has 4 aliphatic rings. The maximum Gasteiger partial charge on any atom is 0.000833 e. The summed E-state index contributed by atoms with van der Waals surface area (Å²) in [5, 5.41) is 3.76. The van der Waals surface area contributed by atoms with Gasteiger partial charge in [-0.3, -0.25) is 0 Å². The largest absolute Gasteiger partial charge is 0.316 e. The molecule has 4 saturated carbocycles. The minimum Gasteiger partial charge on any atom is -0.316 e. The number of hydrogen-bond donors (Lipinski definition) is 1. The van der Waals surface area contributed by atoms with Crippen molar-refractivity contribution in [3.63, 3.8) is 0 Å². The fourth-order valence-electron chi connectivity index (χ4n) is 5.76. The summed E-state index contributed by atoms with van der Waals surface area (Å²) in [6.45, 7) is 9.70. The standard InChI is InChI=1S/C16H29N/c1-12(2)9-17-11-16-7-13-4-14(8-16)6-15(3,5-13)10-16/h12-14,17H,4-11H2,1-3H3. The van der Waals surface area contributed by atoms with E-state index in [-0.39, 0.29) is 0 Å². The first-order valence-electron chi connectivity index (χ1n) is 7.69. The predicted molar refractivity (Wildman–Crippen MR) is 72.9 cm³/mol. The topological polar surface area (TPSA) is 12.0 Å². The second kappa shape index (κ2) is 3.98. The average molecular weight is 235 g/mol. The van der Waals surface area contributed by atoms with Crippen LogP contribution >= 0.6 is 0 Å². The molecular weight excluding hydrogens is 206 g/mol. The third kappa shape index (κ3) is 2.28. The van der Waals surface area contributed by atoms with Crippen molar-refractivity contribution in [2.24, 2.45) is 28.6 Å². The van der Waals surface area contributed by atoms with Crippen molar-refractivity contribution in [3.8, 4) is 0 Å². The quantitative estimate of drug-likeness (QED) is 0.780. The molecule has 2 unspecified atom stereocenters. The molecule has 0 amide bonds. The summed E-state index contributed by atoms with van der Waals surface area (Å²) in [7, 11) is 0. The summed E-state index contributed by atoms with van der Waals surface area (Å²) in [6, 6.07) is 0. The Balaban J connectivity index is 1.66. The molecule has 4 bridgehead atoms. The van der Waals surface area contributed by atoms with E-state index in [4.69, 9.17) is 0 Å². The summed E-state index contributed by atoms with van der Waals surface area (Å²) in [4.78, 5) is 0. The third-order valence-corrected chi connectivity index (χ3v) is 5.53. The summed E-state index contributed by atoms with van der Waals surface area (Å²) in [5.41, 5.74) is 1.40. The molecule has 1 N–H and O–H groups in total. The van der Waals surface area contributed by atoms with Crippen molar-refractivity contribution in [1.29, 1.82) is 0 Å². The van der Waals surface area contributed by atoms with E-state index in [9.17, 15) is 0 Å². The number of nitrogens with one attached hydrogen (secondary N) is 1. The third-order valence-electron chi connectivity index (χ3n) is 5.53. The Morgan fingerprint density at radius 2 is 1.76 bits per heavy atom. The van der Waals surface area contributed by atoms with Gasteiger partial charge in [0.2, 0.25) is 0 Å². The van der Waals surface area contributed by atoms with E-state index >= 15 is 0 Å². The molecule has 98 valence electrons. The van der Waals surface area contributed by atoms with Gasteiger partial charge in [0, 0.05) is 6.54 Å². The SMILES string of the molecule is CC(C)CNCC12CC3CC(CC(C)(C3)C1)C2. The van der Waals surface area contributed by atoms with E-state index in [1.807, 2.05) is 0 Å². The molecule has 1 heteroatoms. The van der Waals surface area contributed by atoms with Crippen LogP contribution in [0.3, 0.4) is 0 Å². The van der Waals surface area contributed by atoms with Crippen LogP contribution in [0.25, 0.3) is 0 Å². The number of hydrogen-bond acceptors (Lipinski definition) is 1. The predicted octanol–water partition coefficient (Wildman–Crippen LogP) is 3.84. The molecule has 0 aliphatic heterocycles. The second-order valence-corrected chi connectivity index (χ2v) is 8.30. The molecule has 4 aliphatic carbocycles. The fraction of sp³-hybridized carbons (Fsp3) is 1.00. The van der Waals surface area contributed by atoms with Gasteiger partial charge in [-0.15, -0.1) is 0 Å². The Labute approximate surface area is 107 Å². The van der Waals surface area contributed by atoms with Gasteiger partial charge in [0.15, 0.2) is 0 Å². The fourth-order valence-corrected chi connectivity index (χ4v) is 5.76. The molecule has 1 nitrogen and oxygen atoms in total. The van der Waals surface area contributed by atoms with Gasteiger partial charge in [0.1, 0.15) is 0 Å².